The molecule has 9 heteroatoms. The van der Waals surface area contributed by atoms with Gasteiger partial charge in [0.1, 0.15) is 4.21 Å². The van der Waals surface area contributed by atoms with Gasteiger partial charge in [-0.1, -0.05) is 28.9 Å². The van der Waals surface area contributed by atoms with E-state index in [1.165, 1.54) is 17.4 Å². The van der Waals surface area contributed by atoms with Crippen LogP contribution in [0.4, 0.5) is 0 Å². The molecule has 2 heterocycles. The molecule has 0 aliphatic rings. The van der Waals surface area contributed by atoms with Crippen LogP contribution in [0.5, 0.6) is 0 Å². The molecule has 1 aromatic carbocycles. The Balaban J connectivity index is 2.24. The second-order valence-corrected chi connectivity index (χ2v) is 10.1. The van der Waals surface area contributed by atoms with Gasteiger partial charge in [-0.05, 0) is 36.6 Å². The number of thiophene rings is 1. The van der Waals surface area contributed by atoms with E-state index in [2.05, 4.69) is 10.3 Å². The zero-order chi connectivity index (χ0) is 17.3. The second-order valence-electron chi connectivity index (χ2n) is 4.63. The number of rotatable bonds is 4. The Labute approximate surface area is 156 Å². The average Bonchev–Trinajstić information content (AvgIpc) is 3.12. The third kappa shape index (κ3) is 3.41. The second kappa shape index (κ2) is 6.94. The first-order chi connectivity index (χ1) is 11.4. The smallest absolute Gasteiger partial charge is 0.294 e. The first-order valence-corrected chi connectivity index (χ1v) is 11.3. The van der Waals surface area contributed by atoms with E-state index in [0.717, 1.165) is 26.4 Å². The van der Waals surface area contributed by atoms with E-state index in [1.807, 2.05) is 24.5 Å². The minimum Gasteiger partial charge on any atom is -0.304 e. The number of terminal acetylenes is 1. The highest BCUT2D eigenvalue weighted by Gasteiger charge is 2.17. The summed E-state index contributed by atoms with van der Waals surface area (Å²) in [4.78, 5) is 1.45. The lowest BCUT2D eigenvalue weighted by atomic mass is 10.3. The van der Waals surface area contributed by atoms with Gasteiger partial charge in [-0.25, -0.2) is 0 Å². The van der Waals surface area contributed by atoms with Crippen LogP contribution >= 0.6 is 46.0 Å². The van der Waals surface area contributed by atoms with Crippen molar-refractivity contribution >= 4 is 66.3 Å². The number of fused-ring (bicyclic) bond motifs is 1. The maximum Gasteiger partial charge on any atom is 0.294 e. The fourth-order valence-electron chi connectivity index (χ4n) is 2.08. The summed E-state index contributed by atoms with van der Waals surface area (Å²) in [6, 6.07) is 8.91. The highest BCUT2D eigenvalue weighted by molar-refractivity contribution is 7.98. The van der Waals surface area contributed by atoms with Crippen molar-refractivity contribution in [1.29, 1.82) is 0 Å². The molecule has 0 spiro atoms. The number of hydrogen-bond acceptors (Lipinski definition) is 5. The number of aromatic nitrogens is 1. The summed E-state index contributed by atoms with van der Waals surface area (Å²) >= 11 is 9.73. The topological polar surface area (TPSA) is 51.4 Å². The maximum atomic E-state index is 12.5. The van der Waals surface area contributed by atoms with Gasteiger partial charge in [0.05, 0.1) is 21.1 Å². The molecule has 3 aromatic rings. The van der Waals surface area contributed by atoms with Crippen LogP contribution in [0, 0.1) is 12.3 Å². The Hall–Kier alpha value is -1.24. The van der Waals surface area contributed by atoms with E-state index in [-0.39, 0.29) is 10.8 Å². The van der Waals surface area contributed by atoms with Gasteiger partial charge in [0.2, 0.25) is 4.80 Å². The average molecular weight is 415 g/mol. The van der Waals surface area contributed by atoms with Gasteiger partial charge in [-0.3, -0.25) is 0 Å². The summed E-state index contributed by atoms with van der Waals surface area (Å²) in [7, 11) is -3.82. The van der Waals surface area contributed by atoms with E-state index in [1.54, 1.807) is 22.4 Å². The van der Waals surface area contributed by atoms with Gasteiger partial charge < -0.3 is 4.57 Å². The Bertz CT molecular complexity index is 1120. The lowest BCUT2D eigenvalue weighted by molar-refractivity contribution is 0.598. The van der Waals surface area contributed by atoms with Crippen LogP contribution in [0.25, 0.3) is 10.2 Å². The van der Waals surface area contributed by atoms with Crippen LogP contribution < -0.4 is 4.80 Å². The van der Waals surface area contributed by atoms with Crippen molar-refractivity contribution in [3.05, 3.63) is 39.5 Å². The number of sulfonamides is 1. The summed E-state index contributed by atoms with van der Waals surface area (Å²) in [6.07, 6.45) is 7.42. The summed E-state index contributed by atoms with van der Waals surface area (Å²) in [5.41, 5.74) is 0.869. The molecule has 0 atom stereocenters. The van der Waals surface area contributed by atoms with Crippen molar-refractivity contribution in [2.75, 3.05) is 6.26 Å². The fraction of sp³-hybridized carbons (Fsp3) is 0.133. The van der Waals surface area contributed by atoms with Crippen molar-refractivity contribution in [3.63, 3.8) is 0 Å². The molecule has 0 amide bonds. The molecule has 0 saturated heterocycles. The highest BCUT2D eigenvalue weighted by Crippen LogP contribution is 2.28. The molecule has 24 heavy (non-hydrogen) atoms. The number of hydrogen-bond donors (Lipinski definition) is 0. The lowest BCUT2D eigenvalue weighted by Crippen LogP contribution is -2.16. The van der Waals surface area contributed by atoms with Crippen molar-refractivity contribution in [2.24, 2.45) is 4.40 Å². The monoisotopic (exact) mass is 414 g/mol. The molecular formula is C15H11ClN2O2S4. The third-order valence-electron chi connectivity index (χ3n) is 3.14. The SMILES string of the molecule is C#CCn1/c(=N/S(=O)(=O)c2ccc(Cl)s2)sc2cc(SC)ccc21. The Morgan fingerprint density at radius 3 is 2.75 bits per heavy atom. The predicted molar refractivity (Wildman–Crippen MR) is 103 cm³/mol. The first-order valence-electron chi connectivity index (χ1n) is 6.62. The van der Waals surface area contributed by atoms with E-state index in [9.17, 15) is 8.42 Å². The molecule has 2 aromatic heterocycles. The van der Waals surface area contributed by atoms with Crippen LogP contribution in [0.3, 0.4) is 0 Å². The Morgan fingerprint density at radius 2 is 2.12 bits per heavy atom. The van der Waals surface area contributed by atoms with Crippen molar-refractivity contribution < 1.29 is 8.42 Å². The first kappa shape index (κ1) is 17.6. The van der Waals surface area contributed by atoms with Crippen LogP contribution in [-0.4, -0.2) is 19.2 Å². The standard InChI is InChI=1S/C15H11ClN2O2S4/c1-3-8-18-11-5-4-10(21-2)9-12(11)22-15(18)17-24(19,20)14-7-6-13(16)23-14/h1,4-7,9H,8H2,2H3/b17-15-. The molecular weight excluding hydrogens is 404 g/mol. The van der Waals surface area contributed by atoms with Crippen molar-refractivity contribution in [1.82, 2.24) is 4.57 Å². The zero-order valence-corrected chi connectivity index (χ0v) is 16.4. The molecule has 0 radical (unpaired) electrons. The van der Waals surface area contributed by atoms with Crippen LogP contribution in [0.15, 0.2) is 43.8 Å². The summed E-state index contributed by atoms with van der Waals surface area (Å²) in [5, 5.41) is 0. The van der Waals surface area contributed by atoms with Gasteiger partial charge in [0, 0.05) is 4.90 Å². The summed E-state index contributed by atoms with van der Waals surface area (Å²) < 4.78 is 32.2. The molecule has 0 N–H and O–H groups in total. The molecule has 3 rings (SSSR count). The molecule has 0 aliphatic heterocycles. The third-order valence-corrected chi connectivity index (χ3v) is 7.99. The van der Waals surface area contributed by atoms with E-state index >= 15 is 0 Å². The van der Waals surface area contributed by atoms with E-state index in [0.29, 0.717) is 9.14 Å². The molecule has 0 aliphatic carbocycles. The van der Waals surface area contributed by atoms with Gasteiger partial charge in [-0.15, -0.1) is 33.9 Å². The number of nitrogens with zero attached hydrogens (tertiary/aromatic N) is 2. The van der Waals surface area contributed by atoms with Crippen LogP contribution in [0.2, 0.25) is 4.34 Å². The van der Waals surface area contributed by atoms with Crippen molar-refractivity contribution in [2.45, 2.75) is 15.6 Å². The molecule has 0 bridgehead atoms. The molecule has 0 fully saturated rings. The van der Waals surface area contributed by atoms with Crippen LogP contribution in [-0.2, 0) is 16.6 Å². The number of halogens is 1. The molecule has 0 saturated carbocycles. The normalized spacial score (nSPS) is 12.6. The number of thiazole rings is 1. The van der Waals surface area contributed by atoms with Gasteiger partial charge in [0.25, 0.3) is 10.0 Å². The zero-order valence-electron chi connectivity index (χ0n) is 12.4. The molecule has 4 nitrogen and oxygen atoms in total. The quantitative estimate of drug-likeness (QED) is 0.477. The van der Waals surface area contributed by atoms with E-state index < -0.39 is 10.0 Å². The predicted octanol–water partition coefficient (Wildman–Crippen LogP) is 4.06. The Kier molecular flexibility index (Phi) is 5.08. The van der Waals surface area contributed by atoms with Crippen molar-refractivity contribution in [3.8, 4) is 12.3 Å². The maximum absolute atomic E-state index is 12.5. The number of thioether (sulfide) groups is 1. The Morgan fingerprint density at radius 1 is 1.33 bits per heavy atom. The van der Waals surface area contributed by atoms with E-state index in [4.69, 9.17) is 18.0 Å². The number of benzene rings is 1. The minimum atomic E-state index is -3.82. The van der Waals surface area contributed by atoms with Crippen LogP contribution in [0.1, 0.15) is 0 Å². The largest absolute Gasteiger partial charge is 0.304 e. The lowest BCUT2D eigenvalue weighted by Gasteiger charge is -2.01. The summed E-state index contributed by atoms with van der Waals surface area (Å²) in [6.45, 7) is 0.248. The summed E-state index contributed by atoms with van der Waals surface area (Å²) in [5.74, 6) is 2.55. The molecule has 124 valence electrons. The molecule has 0 unspecified atom stereocenters. The van der Waals surface area contributed by atoms with Gasteiger partial charge in [-0.2, -0.15) is 8.42 Å². The highest BCUT2D eigenvalue weighted by atomic mass is 35.5. The minimum absolute atomic E-state index is 0.113. The van der Waals surface area contributed by atoms with Gasteiger partial charge in [0.15, 0.2) is 0 Å². The van der Waals surface area contributed by atoms with Gasteiger partial charge >= 0.3 is 0 Å². The fourth-order valence-corrected chi connectivity index (χ4v) is 6.33.